The quantitative estimate of drug-likeness (QED) is 0.565. The second kappa shape index (κ2) is 5.64. The predicted molar refractivity (Wildman–Crippen MR) is 61.9 cm³/mol. The van der Waals surface area contributed by atoms with Crippen LogP contribution in [0.3, 0.4) is 0 Å². The van der Waals surface area contributed by atoms with Gasteiger partial charge in [0.1, 0.15) is 5.75 Å². The van der Waals surface area contributed by atoms with E-state index in [1.807, 2.05) is 0 Å². The summed E-state index contributed by atoms with van der Waals surface area (Å²) in [4.78, 5) is 10.7. The Morgan fingerprint density at radius 1 is 1.44 bits per heavy atom. The number of benzene rings is 1. The lowest BCUT2D eigenvalue weighted by Crippen LogP contribution is -1.97. The van der Waals surface area contributed by atoms with Crippen LogP contribution in [0.2, 0.25) is 0 Å². The van der Waals surface area contributed by atoms with Gasteiger partial charge in [-0.15, -0.1) is 0 Å². The van der Waals surface area contributed by atoms with Crippen LogP contribution in [-0.4, -0.2) is 12.9 Å². The van der Waals surface area contributed by atoms with Crippen molar-refractivity contribution in [2.75, 3.05) is 6.61 Å². The molecule has 0 radical (unpaired) electrons. The van der Waals surface area contributed by atoms with E-state index in [1.54, 1.807) is 31.2 Å². The van der Waals surface area contributed by atoms with E-state index in [0.29, 0.717) is 11.8 Å². The zero-order chi connectivity index (χ0) is 12.0. The average molecular weight is 240 g/mol. The Morgan fingerprint density at radius 3 is 2.69 bits per heavy atom. The fraction of sp³-hybridized carbons (Fsp3) is 0.182. The van der Waals surface area contributed by atoms with Gasteiger partial charge in [0.15, 0.2) is 6.29 Å². The summed E-state index contributed by atoms with van der Waals surface area (Å²) >= 11 is 0. The number of hydrogen-bond donors (Lipinski definition) is 0. The monoisotopic (exact) mass is 240 g/mol. The van der Waals surface area contributed by atoms with Crippen molar-refractivity contribution in [1.82, 2.24) is 0 Å². The van der Waals surface area contributed by atoms with Crippen LogP contribution < -0.4 is 4.52 Å². The molecule has 0 aliphatic carbocycles. The molecule has 1 atom stereocenters. The second-order valence-electron chi connectivity index (χ2n) is 2.89. The minimum atomic E-state index is -3.36. The molecule has 0 heterocycles. The zero-order valence-corrected chi connectivity index (χ0v) is 9.85. The van der Waals surface area contributed by atoms with Crippen molar-refractivity contribution in [3.05, 3.63) is 42.2 Å². The topological polar surface area (TPSA) is 52.6 Å². The van der Waals surface area contributed by atoms with E-state index in [9.17, 15) is 9.36 Å². The number of aldehydes is 1. The molecule has 1 unspecified atom stereocenters. The fourth-order valence-corrected chi connectivity index (χ4v) is 2.13. The molecular formula is C11H13O4P. The summed E-state index contributed by atoms with van der Waals surface area (Å²) in [6, 6.07) is 6.50. The summed E-state index contributed by atoms with van der Waals surface area (Å²) in [6.45, 7) is 5.34. The van der Waals surface area contributed by atoms with Crippen LogP contribution in [-0.2, 0) is 9.09 Å². The average Bonchev–Trinajstić information content (AvgIpc) is 2.30. The Kier molecular flexibility index (Phi) is 4.47. The lowest BCUT2D eigenvalue weighted by molar-refractivity contribution is 0.112. The summed E-state index contributed by atoms with van der Waals surface area (Å²) < 4.78 is 22.1. The van der Waals surface area contributed by atoms with Gasteiger partial charge in [-0.1, -0.05) is 18.7 Å². The van der Waals surface area contributed by atoms with Crippen molar-refractivity contribution < 1.29 is 18.4 Å². The molecule has 86 valence electrons. The molecule has 1 aromatic carbocycles. The smallest absolute Gasteiger partial charge is 0.402 e. The maximum Gasteiger partial charge on any atom is 0.402 e. The predicted octanol–water partition coefficient (Wildman–Crippen LogP) is 3.25. The maximum absolute atomic E-state index is 11.9. The first kappa shape index (κ1) is 12.7. The van der Waals surface area contributed by atoms with Gasteiger partial charge in [-0.05, 0) is 19.1 Å². The van der Waals surface area contributed by atoms with Crippen molar-refractivity contribution in [3.63, 3.8) is 0 Å². The Bertz CT molecular complexity index is 428. The Morgan fingerprint density at radius 2 is 2.12 bits per heavy atom. The molecule has 0 amide bonds. The molecule has 0 N–H and O–H groups in total. The molecular weight excluding hydrogens is 227 g/mol. The number of carbonyl (C=O) groups excluding carboxylic acids is 1. The second-order valence-corrected chi connectivity index (χ2v) is 4.77. The molecule has 0 fully saturated rings. The van der Waals surface area contributed by atoms with Crippen LogP contribution >= 0.6 is 7.60 Å². The third-order valence-corrected chi connectivity index (χ3v) is 3.32. The highest BCUT2D eigenvalue weighted by Gasteiger charge is 2.21. The molecule has 5 heteroatoms. The van der Waals surface area contributed by atoms with E-state index < -0.39 is 7.60 Å². The van der Waals surface area contributed by atoms with E-state index in [4.69, 9.17) is 9.05 Å². The Balaban J connectivity index is 2.98. The van der Waals surface area contributed by atoms with Gasteiger partial charge >= 0.3 is 7.60 Å². The number of rotatable bonds is 6. The van der Waals surface area contributed by atoms with E-state index in [1.165, 1.54) is 0 Å². The molecule has 0 aliphatic rings. The SMILES string of the molecule is C=CP(=O)(OCC)Oc1ccccc1C=O. The van der Waals surface area contributed by atoms with Gasteiger partial charge in [-0.3, -0.25) is 9.32 Å². The third kappa shape index (κ3) is 3.05. The molecule has 1 rings (SSSR count). The minimum absolute atomic E-state index is 0.231. The van der Waals surface area contributed by atoms with E-state index >= 15 is 0 Å². The van der Waals surface area contributed by atoms with E-state index in [-0.39, 0.29) is 12.4 Å². The first-order chi connectivity index (χ1) is 7.65. The third-order valence-electron chi connectivity index (χ3n) is 1.80. The van der Waals surface area contributed by atoms with E-state index in [2.05, 4.69) is 6.58 Å². The Labute approximate surface area is 94.4 Å². The molecule has 0 aliphatic heterocycles. The van der Waals surface area contributed by atoms with Crippen LogP contribution in [0.25, 0.3) is 0 Å². The van der Waals surface area contributed by atoms with Crippen LogP contribution in [0, 0.1) is 0 Å². The van der Waals surface area contributed by atoms with Gasteiger partial charge in [0.2, 0.25) is 0 Å². The van der Waals surface area contributed by atoms with Crippen molar-refractivity contribution in [2.24, 2.45) is 0 Å². The summed E-state index contributed by atoms with van der Waals surface area (Å²) in [7, 11) is -3.36. The van der Waals surface area contributed by atoms with E-state index in [0.717, 1.165) is 5.82 Å². The van der Waals surface area contributed by atoms with Crippen molar-refractivity contribution in [2.45, 2.75) is 6.92 Å². The number of hydrogen-bond acceptors (Lipinski definition) is 4. The van der Waals surface area contributed by atoms with Crippen LogP contribution in [0.5, 0.6) is 5.75 Å². The highest BCUT2D eigenvalue weighted by Crippen LogP contribution is 2.49. The molecule has 0 aromatic heterocycles. The lowest BCUT2D eigenvalue weighted by Gasteiger charge is -2.15. The fourth-order valence-electron chi connectivity index (χ4n) is 1.09. The normalized spacial score (nSPS) is 13.8. The Hall–Kier alpha value is -1.38. The highest BCUT2D eigenvalue weighted by molar-refractivity contribution is 7.57. The van der Waals surface area contributed by atoms with Gasteiger partial charge in [0.25, 0.3) is 0 Å². The lowest BCUT2D eigenvalue weighted by atomic mass is 10.2. The molecule has 4 nitrogen and oxygen atoms in total. The summed E-state index contributed by atoms with van der Waals surface area (Å²) in [5.41, 5.74) is 0.323. The van der Waals surface area contributed by atoms with Crippen LogP contribution in [0.4, 0.5) is 0 Å². The number of carbonyl (C=O) groups is 1. The number of para-hydroxylation sites is 1. The van der Waals surface area contributed by atoms with Gasteiger partial charge in [0, 0.05) is 5.82 Å². The van der Waals surface area contributed by atoms with Crippen molar-refractivity contribution >= 4 is 13.9 Å². The van der Waals surface area contributed by atoms with Crippen LogP contribution in [0.1, 0.15) is 17.3 Å². The van der Waals surface area contributed by atoms with Crippen molar-refractivity contribution in [3.8, 4) is 5.75 Å². The van der Waals surface area contributed by atoms with Gasteiger partial charge in [-0.25, -0.2) is 4.57 Å². The van der Waals surface area contributed by atoms with Crippen molar-refractivity contribution in [1.29, 1.82) is 0 Å². The maximum atomic E-state index is 11.9. The molecule has 0 saturated carbocycles. The van der Waals surface area contributed by atoms with Gasteiger partial charge in [0.05, 0.1) is 12.2 Å². The summed E-state index contributed by atoms with van der Waals surface area (Å²) in [5, 5.41) is 0. The summed E-state index contributed by atoms with van der Waals surface area (Å²) in [6.07, 6.45) is 0.634. The first-order valence-electron chi connectivity index (χ1n) is 4.77. The molecule has 0 saturated heterocycles. The summed E-state index contributed by atoms with van der Waals surface area (Å²) in [5.74, 6) is 1.35. The molecule has 16 heavy (non-hydrogen) atoms. The first-order valence-corrected chi connectivity index (χ1v) is 6.38. The minimum Gasteiger partial charge on any atom is -0.421 e. The van der Waals surface area contributed by atoms with Gasteiger partial charge < -0.3 is 4.52 Å². The molecule has 1 aromatic rings. The van der Waals surface area contributed by atoms with Crippen LogP contribution in [0.15, 0.2) is 36.7 Å². The highest BCUT2D eigenvalue weighted by atomic mass is 31.2. The molecule has 0 bridgehead atoms. The largest absolute Gasteiger partial charge is 0.421 e. The van der Waals surface area contributed by atoms with Gasteiger partial charge in [-0.2, -0.15) is 0 Å². The zero-order valence-electron chi connectivity index (χ0n) is 8.96. The molecule has 0 spiro atoms. The standard InChI is InChI=1S/C11H13O4P/c1-3-14-16(13,4-2)15-11-8-6-5-7-10(11)9-12/h4-9H,2-3H2,1H3.